The van der Waals surface area contributed by atoms with Gasteiger partial charge in [0.15, 0.2) is 11.5 Å². The number of methoxy groups -OCH3 is 1. The molecule has 0 heterocycles. The summed E-state index contributed by atoms with van der Waals surface area (Å²) in [5, 5.41) is 15.2. The van der Waals surface area contributed by atoms with Crippen molar-refractivity contribution in [3.05, 3.63) is 93.5 Å². The molecule has 32 heavy (non-hydrogen) atoms. The molecule has 0 aromatic heterocycles. The lowest BCUT2D eigenvalue weighted by molar-refractivity contribution is -0.385. The molecule has 10 heteroatoms. The van der Waals surface area contributed by atoms with Gasteiger partial charge < -0.3 is 9.47 Å². The lowest BCUT2D eigenvalue weighted by Crippen LogP contribution is -2.18. The Kier molecular flexibility index (Phi) is 7.06. The van der Waals surface area contributed by atoms with Gasteiger partial charge in [0, 0.05) is 0 Å². The number of nitrogens with zero attached hydrogens (tertiary/aromatic N) is 2. The van der Waals surface area contributed by atoms with Crippen LogP contribution in [0.5, 0.6) is 11.5 Å². The zero-order valence-corrected chi connectivity index (χ0v) is 18.2. The second-order valence-corrected chi connectivity index (χ2v) is 8.42. The molecule has 3 rings (SSSR count). The van der Waals surface area contributed by atoms with Crippen molar-refractivity contribution >= 4 is 21.9 Å². The SMILES string of the molecule is COc1cc([N+](=O)[O-])c(/C=N/NS(=O)(=O)c2ccc(C)cc2)cc1OCc1ccccc1. The molecule has 3 aromatic rings. The average molecular weight is 455 g/mol. The summed E-state index contributed by atoms with van der Waals surface area (Å²) in [6.07, 6.45) is 1.05. The van der Waals surface area contributed by atoms with E-state index < -0.39 is 14.9 Å². The topological polar surface area (TPSA) is 120 Å². The maximum atomic E-state index is 12.4. The van der Waals surface area contributed by atoms with Gasteiger partial charge in [-0.25, -0.2) is 4.83 Å². The van der Waals surface area contributed by atoms with E-state index in [4.69, 9.17) is 9.47 Å². The fraction of sp³-hybridized carbons (Fsp3) is 0.136. The van der Waals surface area contributed by atoms with Crippen LogP contribution in [0.15, 0.2) is 76.7 Å². The standard InChI is InChI=1S/C22H21N3O6S/c1-16-8-10-19(11-9-16)32(28,29)24-23-14-18-12-22(21(30-2)13-20(18)25(26)27)31-15-17-6-4-3-5-7-17/h3-14,24H,15H2,1-2H3/b23-14+. The maximum absolute atomic E-state index is 12.4. The van der Waals surface area contributed by atoms with Gasteiger partial charge in [0.1, 0.15) is 6.61 Å². The molecule has 0 bridgehead atoms. The molecular weight excluding hydrogens is 434 g/mol. The van der Waals surface area contributed by atoms with Gasteiger partial charge in [-0.1, -0.05) is 48.0 Å². The molecule has 0 amide bonds. The number of sulfonamides is 1. The van der Waals surface area contributed by atoms with Gasteiger partial charge >= 0.3 is 0 Å². The van der Waals surface area contributed by atoms with Gasteiger partial charge in [0.25, 0.3) is 15.7 Å². The van der Waals surface area contributed by atoms with Crippen molar-refractivity contribution in [2.75, 3.05) is 7.11 Å². The quantitative estimate of drug-likeness (QED) is 0.298. The van der Waals surface area contributed by atoms with Gasteiger partial charge in [-0.15, -0.1) is 0 Å². The first-order chi connectivity index (χ1) is 15.3. The van der Waals surface area contributed by atoms with Crippen molar-refractivity contribution in [1.82, 2.24) is 4.83 Å². The Morgan fingerprint density at radius 1 is 1.06 bits per heavy atom. The number of benzene rings is 3. The van der Waals surface area contributed by atoms with Crippen LogP contribution in [0.1, 0.15) is 16.7 Å². The summed E-state index contributed by atoms with van der Waals surface area (Å²) >= 11 is 0. The molecule has 0 saturated heterocycles. The van der Waals surface area contributed by atoms with Crippen molar-refractivity contribution in [2.24, 2.45) is 5.10 Å². The normalized spacial score (nSPS) is 11.3. The number of aryl methyl sites for hydroxylation is 1. The van der Waals surface area contributed by atoms with Gasteiger partial charge in [-0.3, -0.25) is 10.1 Å². The van der Waals surface area contributed by atoms with E-state index in [9.17, 15) is 18.5 Å². The summed E-state index contributed by atoms with van der Waals surface area (Å²) in [6.45, 7) is 2.05. The Bertz CT molecular complexity index is 1230. The summed E-state index contributed by atoms with van der Waals surface area (Å²) in [5.74, 6) is 0.426. The highest BCUT2D eigenvalue weighted by atomic mass is 32.2. The van der Waals surface area contributed by atoms with Crippen molar-refractivity contribution in [3.8, 4) is 11.5 Å². The fourth-order valence-corrected chi connectivity index (χ4v) is 3.56. The highest BCUT2D eigenvalue weighted by molar-refractivity contribution is 7.89. The van der Waals surface area contributed by atoms with Gasteiger partial charge in [-0.2, -0.15) is 13.5 Å². The second kappa shape index (κ2) is 9.92. The van der Waals surface area contributed by atoms with Crippen LogP contribution < -0.4 is 14.3 Å². The number of nitro groups is 1. The van der Waals surface area contributed by atoms with Crippen LogP contribution in [0, 0.1) is 17.0 Å². The van der Waals surface area contributed by atoms with Gasteiger partial charge in [-0.05, 0) is 30.7 Å². The zero-order valence-electron chi connectivity index (χ0n) is 17.4. The number of hydrogen-bond donors (Lipinski definition) is 1. The molecule has 0 atom stereocenters. The third-order valence-corrected chi connectivity index (χ3v) is 5.69. The molecule has 1 N–H and O–H groups in total. The number of ether oxygens (including phenoxy) is 2. The van der Waals surface area contributed by atoms with Crippen molar-refractivity contribution in [1.29, 1.82) is 0 Å². The molecule has 0 aliphatic rings. The molecule has 166 valence electrons. The van der Waals surface area contributed by atoms with E-state index in [1.165, 1.54) is 31.4 Å². The zero-order chi connectivity index (χ0) is 23.1. The molecular formula is C22H21N3O6S. The lowest BCUT2D eigenvalue weighted by atomic mass is 10.1. The molecule has 0 radical (unpaired) electrons. The van der Waals surface area contributed by atoms with E-state index in [1.807, 2.05) is 37.3 Å². The summed E-state index contributed by atoms with van der Waals surface area (Å²) in [5.41, 5.74) is 1.54. The molecule has 0 unspecified atom stereocenters. The smallest absolute Gasteiger partial charge is 0.282 e. The largest absolute Gasteiger partial charge is 0.493 e. The number of hydrazone groups is 1. The lowest BCUT2D eigenvalue weighted by Gasteiger charge is -2.12. The third-order valence-electron chi connectivity index (χ3n) is 4.45. The van der Waals surface area contributed by atoms with E-state index in [0.29, 0.717) is 0 Å². The second-order valence-electron chi connectivity index (χ2n) is 6.76. The van der Waals surface area contributed by atoms with Crippen LogP contribution in [0.3, 0.4) is 0 Å². The van der Waals surface area contributed by atoms with Crippen LogP contribution in [0.4, 0.5) is 5.69 Å². The molecule has 0 aliphatic carbocycles. The van der Waals surface area contributed by atoms with Crippen LogP contribution >= 0.6 is 0 Å². The number of hydrogen-bond acceptors (Lipinski definition) is 7. The Balaban J connectivity index is 1.86. The number of nitro benzene ring substituents is 1. The molecule has 9 nitrogen and oxygen atoms in total. The minimum absolute atomic E-state index is 0.0244. The van der Waals surface area contributed by atoms with Crippen LogP contribution in [-0.2, 0) is 16.6 Å². The Labute approximate surface area is 185 Å². The van der Waals surface area contributed by atoms with Gasteiger partial charge in [0.05, 0.1) is 34.8 Å². The molecule has 3 aromatic carbocycles. The predicted octanol–water partition coefficient (Wildman–Crippen LogP) is 3.80. The van der Waals surface area contributed by atoms with E-state index in [2.05, 4.69) is 9.93 Å². The van der Waals surface area contributed by atoms with Crippen LogP contribution in [0.25, 0.3) is 0 Å². The summed E-state index contributed by atoms with van der Waals surface area (Å²) in [4.78, 5) is 13.0. The highest BCUT2D eigenvalue weighted by Crippen LogP contribution is 2.34. The first-order valence-electron chi connectivity index (χ1n) is 9.45. The summed E-state index contributed by atoms with van der Waals surface area (Å²) in [7, 11) is -2.55. The van der Waals surface area contributed by atoms with Crippen molar-refractivity contribution in [2.45, 2.75) is 18.4 Å². The monoisotopic (exact) mass is 455 g/mol. The minimum atomic E-state index is -3.92. The Morgan fingerprint density at radius 2 is 1.75 bits per heavy atom. The van der Waals surface area contributed by atoms with Gasteiger partial charge in [0.2, 0.25) is 0 Å². The molecule has 0 aliphatic heterocycles. The summed E-state index contributed by atoms with van der Waals surface area (Å²) in [6, 6.07) is 18.1. The Hall–Kier alpha value is -3.92. The van der Waals surface area contributed by atoms with E-state index in [1.54, 1.807) is 12.1 Å². The van der Waals surface area contributed by atoms with Crippen LogP contribution in [0.2, 0.25) is 0 Å². The minimum Gasteiger partial charge on any atom is -0.493 e. The van der Waals surface area contributed by atoms with Crippen molar-refractivity contribution < 1.29 is 22.8 Å². The van der Waals surface area contributed by atoms with E-state index in [-0.39, 0.29) is 34.3 Å². The highest BCUT2D eigenvalue weighted by Gasteiger charge is 2.19. The fourth-order valence-electron chi connectivity index (χ4n) is 2.77. The van der Waals surface area contributed by atoms with Crippen molar-refractivity contribution in [3.63, 3.8) is 0 Å². The van der Waals surface area contributed by atoms with E-state index >= 15 is 0 Å². The predicted molar refractivity (Wildman–Crippen MR) is 120 cm³/mol. The number of rotatable bonds is 9. The average Bonchev–Trinajstić information content (AvgIpc) is 2.78. The molecule has 0 saturated carbocycles. The Morgan fingerprint density at radius 3 is 2.38 bits per heavy atom. The number of nitrogens with one attached hydrogen (secondary N) is 1. The molecule has 0 fully saturated rings. The van der Waals surface area contributed by atoms with E-state index in [0.717, 1.165) is 17.3 Å². The maximum Gasteiger partial charge on any atom is 0.282 e. The molecule has 0 spiro atoms. The summed E-state index contributed by atoms with van der Waals surface area (Å²) < 4.78 is 35.7. The first-order valence-corrected chi connectivity index (χ1v) is 10.9. The third kappa shape index (κ3) is 5.61. The first kappa shape index (κ1) is 22.8. The van der Waals surface area contributed by atoms with Crippen LogP contribution in [-0.4, -0.2) is 26.7 Å².